The molecule has 0 aliphatic rings. The summed E-state index contributed by atoms with van der Waals surface area (Å²) in [6.07, 6.45) is 5.37. The predicted octanol–water partition coefficient (Wildman–Crippen LogP) is 2.82. The fourth-order valence-corrected chi connectivity index (χ4v) is 1.74. The lowest BCUT2D eigenvalue weighted by Crippen LogP contribution is -2.40. The fraction of sp³-hybridized carbons (Fsp3) is 0.923. The fourth-order valence-electron chi connectivity index (χ4n) is 1.74. The molecule has 0 fully saturated rings. The third-order valence-electron chi connectivity index (χ3n) is 3.40. The maximum Gasteiger partial charge on any atom is 0.222 e. The first-order valence-corrected chi connectivity index (χ1v) is 6.52. The summed E-state index contributed by atoms with van der Waals surface area (Å²) >= 11 is 0. The maximum absolute atomic E-state index is 11.9. The molecule has 2 N–H and O–H groups in total. The number of likely N-dealkylation sites (N-methyl/N-ethyl adjacent to an activating group) is 1. The van der Waals surface area contributed by atoms with Crippen molar-refractivity contribution >= 4 is 18.3 Å². The molecule has 0 aromatic carbocycles. The summed E-state index contributed by atoms with van der Waals surface area (Å²) < 4.78 is 0. The predicted molar refractivity (Wildman–Crippen MR) is 76.5 cm³/mol. The number of hydrogen-bond acceptors (Lipinski definition) is 2. The molecule has 2 atom stereocenters. The number of rotatable bonds is 8. The molecule has 0 rings (SSSR count). The molecule has 0 heterocycles. The van der Waals surface area contributed by atoms with Crippen LogP contribution in [0.3, 0.4) is 0 Å². The Morgan fingerprint density at radius 3 is 2.35 bits per heavy atom. The van der Waals surface area contributed by atoms with Crippen molar-refractivity contribution in [3.63, 3.8) is 0 Å². The number of unbranched alkanes of at least 4 members (excludes halogenated alkanes) is 1. The summed E-state index contributed by atoms with van der Waals surface area (Å²) in [6, 6.07) is 0.149. The number of nitrogens with zero attached hydrogens (tertiary/aromatic N) is 1. The zero-order chi connectivity index (χ0) is 12.6. The minimum atomic E-state index is 0. The molecule has 4 heteroatoms. The van der Waals surface area contributed by atoms with Crippen LogP contribution in [0.4, 0.5) is 0 Å². The van der Waals surface area contributed by atoms with E-state index in [0.29, 0.717) is 18.9 Å². The van der Waals surface area contributed by atoms with E-state index in [1.807, 2.05) is 14.0 Å². The zero-order valence-electron chi connectivity index (χ0n) is 11.7. The molecule has 3 nitrogen and oxygen atoms in total. The average Bonchev–Trinajstić information content (AvgIpc) is 2.31. The number of hydrogen-bond donors (Lipinski definition) is 1. The molecule has 0 aliphatic heterocycles. The largest absolute Gasteiger partial charge is 0.342 e. The van der Waals surface area contributed by atoms with Gasteiger partial charge in [-0.3, -0.25) is 4.79 Å². The second-order valence-electron chi connectivity index (χ2n) is 4.71. The van der Waals surface area contributed by atoms with Crippen molar-refractivity contribution in [3.8, 4) is 0 Å². The van der Waals surface area contributed by atoms with E-state index in [0.717, 1.165) is 6.42 Å². The number of nitrogens with two attached hydrogens (primary N) is 1. The summed E-state index contributed by atoms with van der Waals surface area (Å²) in [6.45, 7) is 6.88. The highest BCUT2D eigenvalue weighted by Crippen LogP contribution is 2.18. The molecule has 0 aliphatic carbocycles. The summed E-state index contributed by atoms with van der Waals surface area (Å²) in [5, 5.41) is 0. The van der Waals surface area contributed by atoms with Crippen LogP contribution in [0.2, 0.25) is 0 Å². The van der Waals surface area contributed by atoms with Gasteiger partial charge in [-0.15, -0.1) is 12.4 Å². The molecule has 0 spiro atoms. The summed E-state index contributed by atoms with van der Waals surface area (Å²) in [5.41, 5.74) is 5.56. The average molecular weight is 265 g/mol. The maximum atomic E-state index is 11.9. The highest BCUT2D eigenvalue weighted by atomic mass is 35.5. The normalized spacial score (nSPS) is 13.7. The minimum Gasteiger partial charge on any atom is -0.342 e. The Labute approximate surface area is 113 Å². The zero-order valence-corrected chi connectivity index (χ0v) is 12.6. The van der Waals surface area contributed by atoms with Gasteiger partial charge in [-0.1, -0.05) is 33.1 Å². The smallest absolute Gasteiger partial charge is 0.222 e. The standard InChI is InChI=1S/C13H28N2O.ClH/c1-5-7-8-12(6-2)9-13(16)15(4)11(3)10-14;/h11-12H,5-10,14H2,1-4H3;1H. The monoisotopic (exact) mass is 264 g/mol. The van der Waals surface area contributed by atoms with Gasteiger partial charge in [0, 0.05) is 26.1 Å². The number of carbonyl (C=O) groups excluding carboxylic acids is 1. The van der Waals surface area contributed by atoms with Crippen LogP contribution in [0, 0.1) is 5.92 Å². The molecule has 0 saturated carbocycles. The van der Waals surface area contributed by atoms with Crippen LogP contribution in [0.15, 0.2) is 0 Å². The van der Waals surface area contributed by atoms with E-state index in [1.165, 1.54) is 19.3 Å². The van der Waals surface area contributed by atoms with Crippen LogP contribution in [0.25, 0.3) is 0 Å². The molecule has 0 aromatic heterocycles. The SMILES string of the molecule is CCCCC(CC)CC(=O)N(C)C(C)CN.Cl. The van der Waals surface area contributed by atoms with Crippen LogP contribution in [-0.2, 0) is 4.79 Å². The lowest BCUT2D eigenvalue weighted by molar-refractivity contribution is -0.132. The summed E-state index contributed by atoms with van der Waals surface area (Å²) in [5.74, 6) is 0.778. The van der Waals surface area contributed by atoms with Gasteiger partial charge in [0.05, 0.1) is 0 Å². The van der Waals surface area contributed by atoms with Crippen LogP contribution >= 0.6 is 12.4 Å². The van der Waals surface area contributed by atoms with Crippen LogP contribution < -0.4 is 5.73 Å². The Kier molecular flexibility index (Phi) is 12.2. The molecule has 0 bridgehead atoms. The summed E-state index contributed by atoms with van der Waals surface area (Å²) in [7, 11) is 1.85. The molecule has 2 unspecified atom stereocenters. The quantitative estimate of drug-likeness (QED) is 0.733. The highest BCUT2D eigenvalue weighted by Gasteiger charge is 2.18. The van der Waals surface area contributed by atoms with E-state index in [-0.39, 0.29) is 24.4 Å². The third-order valence-corrected chi connectivity index (χ3v) is 3.40. The van der Waals surface area contributed by atoms with E-state index in [1.54, 1.807) is 4.90 Å². The molecular weight excluding hydrogens is 236 g/mol. The second-order valence-corrected chi connectivity index (χ2v) is 4.71. The Morgan fingerprint density at radius 1 is 1.35 bits per heavy atom. The lowest BCUT2D eigenvalue weighted by atomic mass is 9.95. The molecule has 1 amide bonds. The van der Waals surface area contributed by atoms with E-state index < -0.39 is 0 Å². The van der Waals surface area contributed by atoms with Gasteiger partial charge in [0.2, 0.25) is 5.91 Å². The Balaban J connectivity index is 0. The molecule has 0 aromatic rings. The van der Waals surface area contributed by atoms with Gasteiger partial charge >= 0.3 is 0 Å². The molecule has 0 radical (unpaired) electrons. The van der Waals surface area contributed by atoms with E-state index >= 15 is 0 Å². The van der Waals surface area contributed by atoms with Gasteiger partial charge in [0.15, 0.2) is 0 Å². The van der Waals surface area contributed by atoms with E-state index in [2.05, 4.69) is 13.8 Å². The van der Waals surface area contributed by atoms with Crippen molar-refractivity contribution in [1.29, 1.82) is 0 Å². The minimum absolute atomic E-state index is 0. The third kappa shape index (κ3) is 7.61. The summed E-state index contributed by atoms with van der Waals surface area (Å²) in [4.78, 5) is 13.7. The van der Waals surface area contributed by atoms with Crippen molar-refractivity contribution in [2.45, 2.75) is 58.9 Å². The Morgan fingerprint density at radius 2 is 1.94 bits per heavy atom. The second kappa shape index (κ2) is 10.8. The van der Waals surface area contributed by atoms with Crippen LogP contribution in [0.5, 0.6) is 0 Å². The number of halogens is 1. The molecular formula is C13H29ClN2O. The topological polar surface area (TPSA) is 46.3 Å². The van der Waals surface area contributed by atoms with Crippen molar-refractivity contribution < 1.29 is 4.79 Å². The molecule has 0 saturated heterocycles. The number of carbonyl (C=O) groups is 1. The van der Waals surface area contributed by atoms with Crippen LogP contribution in [0.1, 0.15) is 52.9 Å². The highest BCUT2D eigenvalue weighted by molar-refractivity contribution is 5.85. The Hall–Kier alpha value is -0.280. The van der Waals surface area contributed by atoms with Crippen LogP contribution in [-0.4, -0.2) is 30.4 Å². The first kappa shape index (κ1) is 19.1. The Bertz CT molecular complexity index is 200. The van der Waals surface area contributed by atoms with Gasteiger partial charge in [0.1, 0.15) is 0 Å². The van der Waals surface area contributed by atoms with Gasteiger partial charge in [-0.05, 0) is 19.3 Å². The first-order valence-electron chi connectivity index (χ1n) is 6.52. The van der Waals surface area contributed by atoms with Crippen molar-refractivity contribution in [3.05, 3.63) is 0 Å². The first-order chi connectivity index (χ1) is 7.56. The lowest BCUT2D eigenvalue weighted by Gasteiger charge is -2.25. The van der Waals surface area contributed by atoms with Crippen molar-refractivity contribution in [2.24, 2.45) is 11.7 Å². The van der Waals surface area contributed by atoms with Gasteiger partial charge in [0.25, 0.3) is 0 Å². The molecule has 17 heavy (non-hydrogen) atoms. The van der Waals surface area contributed by atoms with Gasteiger partial charge < -0.3 is 10.6 Å². The van der Waals surface area contributed by atoms with E-state index in [4.69, 9.17) is 5.73 Å². The van der Waals surface area contributed by atoms with Crippen molar-refractivity contribution in [2.75, 3.05) is 13.6 Å². The van der Waals surface area contributed by atoms with Crippen molar-refractivity contribution in [1.82, 2.24) is 4.90 Å². The number of amides is 1. The molecule has 104 valence electrons. The van der Waals surface area contributed by atoms with E-state index in [9.17, 15) is 4.79 Å². The van der Waals surface area contributed by atoms with Gasteiger partial charge in [-0.25, -0.2) is 0 Å². The van der Waals surface area contributed by atoms with Gasteiger partial charge in [-0.2, -0.15) is 0 Å².